The van der Waals surface area contributed by atoms with Gasteiger partial charge in [0, 0.05) is 21.7 Å². The molecule has 1 aromatic heterocycles. The normalized spacial score (nSPS) is 22.2. The van der Waals surface area contributed by atoms with Crippen LogP contribution in [0.4, 0.5) is 0 Å². The van der Waals surface area contributed by atoms with Gasteiger partial charge in [0.1, 0.15) is 0 Å². The molecule has 1 aliphatic carbocycles. The lowest BCUT2D eigenvalue weighted by molar-refractivity contribution is 0.100. The average molecular weight is 284 g/mol. The van der Waals surface area contributed by atoms with Crippen molar-refractivity contribution in [2.75, 3.05) is 0 Å². The van der Waals surface area contributed by atoms with Gasteiger partial charge >= 0.3 is 0 Å². The van der Waals surface area contributed by atoms with Gasteiger partial charge in [0.15, 0.2) is 0 Å². The van der Waals surface area contributed by atoms with Crippen LogP contribution in [0.2, 0.25) is 10.0 Å². The zero-order valence-corrected chi connectivity index (χ0v) is 11.9. The molecule has 0 saturated carbocycles. The first-order chi connectivity index (χ1) is 8.37. The van der Waals surface area contributed by atoms with Crippen molar-refractivity contribution >= 4 is 34.1 Å². The van der Waals surface area contributed by atoms with Crippen LogP contribution in [0, 0.1) is 5.41 Å². The highest BCUT2D eigenvalue weighted by atomic mass is 35.5. The molecule has 0 spiro atoms. The number of aliphatic hydroxyl groups is 1. The summed E-state index contributed by atoms with van der Waals surface area (Å²) in [6, 6.07) is 3.60. The minimum atomic E-state index is -0.452. The standard InChI is InChI=1S/C14H15Cl2NO/c1-14(2)5-10-12(11(18)6-14)8-3-7(15)4-9(16)13(8)17-10/h3-4,11,17-18H,5-6H2,1-2H3. The van der Waals surface area contributed by atoms with Gasteiger partial charge in [0.25, 0.3) is 0 Å². The Balaban J connectivity index is 2.30. The highest BCUT2D eigenvalue weighted by Gasteiger charge is 2.34. The lowest BCUT2D eigenvalue weighted by atomic mass is 9.75. The highest BCUT2D eigenvalue weighted by molar-refractivity contribution is 6.38. The van der Waals surface area contributed by atoms with Gasteiger partial charge < -0.3 is 10.1 Å². The minimum Gasteiger partial charge on any atom is -0.388 e. The second kappa shape index (κ2) is 3.89. The lowest BCUT2D eigenvalue weighted by Gasteiger charge is -2.32. The Hall–Kier alpha value is -0.700. The molecule has 4 heteroatoms. The zero-order chi connectivity index (χ0) is 13.1. The number of benzene rings is 1. The van der Waals surface area contributed by atoms with Gasteiger partial charge in [-0.05, 0) is 30.4 Å². The van der Waals surface area contributed by atoms with Crippen molar-refractivity contribution in [1.82, 2.24) is 4.98 Å². The molecule has 18 heavy (non-hydrogen) atoms. The van der Waals surface area contributed by atoms with Crippen molar-refractivity contribution in [3.05, 3.63) is 33.4 Å². The third-order valence-corrected chi connectivity index (χ3v) is 4.20. The van der Waals surface area contributed by atoms with Crippen LogP contribution in [0.5, 0.6) is 0 Å². The van der Waals surface area contributed by atoms with Gasteiger partial charge in [0.05, 0.1) is 16.6 Å². The largest absolute Gasteiger partial charge is 0.388 e. The SMILES string of the molecule is CC1(C)Cc2[nH]c3c(Cl)cc(Cl)cc3c2C(O)C1. The molecule has 0 aliphatic heterocycles. The molecule has 3 rings (SSSR count). The molecular weight excluding hydrogens is 269 g/mol. The lowest BCUT2D eigenvalue weighted by Crippen LogP contribution is -2.25. The number of aromatic amines is 1. The van der Waals surface area contributed by atoms with Crippen molar-refractivity contribution in [3.63, 3.8) is 0 Å². The number of nitrogens with one attached hydrogen (secondary N) is 1. The van der Waals surface area contributed by atoms with Crippen LogP contribution >= 0.6 is 23.2 Å². The summed E-state index contributed by atoms with van der Waals surface area (Å²) in [7, 11) is 0. The second-order valence-corrected chi connectivity index (χ2v) is 6.73. The quantitative estimate of drug-likeness (QED) is 0.735. The number of aromatic nitrogens is 1. The van der Waals surface area contributed by atoms with E-state index in [4.69, 9.17) is 23.2 Å². The number of hydrogen-bond donors (Lipinski definition) is 2. The Morgan fingerprint density at radius 3 is 2.78 bits per heavy atom. The van der Waals surface area contributed by atoms with Crippen molar-refractivity contribution in [3.8, 4) is 0 Å². The van der Waals surface area contributed by atoms with Gasteiger partial charge in [0.2, 0.25) is 0 Å². The maximum atomic E-state index is 10.4. The topological polar surface area (TPSA) is 36.0 Å². The highest BCUT2D eigenvalue weighted by Crippen LogP contribution is 2.45. The van der Waals surface area contributed by atoms with Crippen LogP contribution in [0.15, 0.2) is 12.1 Å². The van der Waals surface area contributed by atoms with Crippen LogP contribution in [0.1, 0.15) is 37.6 Å². The summed E-state index contributed by atoms with van der Waals surface area (Å²) >= 11 is 12.3. The summed E-state index contributed by atoms with van der Waals surface area (Å²) in [5, 5.41) is 12.5. The van der Waals surface area contributed by atoms with E-state index >= 15 is 0 Å². The molecule has 0 amide bonds. The number of fused-ring (bicyclic) bond motifs is 3. The van der Waals surface area contributed by atoms with Crippen molar-refractivity contribution in [1.29, 1.82) is 0 Å². The predicted octanol–water partition coefficient (Wildman–Crippen LogP) is 4.48. The minimum absolute atomic E-state index is 0.101. The number of rotatable bonds is 0. The molecule has 0 bridgehead atoms. The van der Waals surface area contributed by atoms with Gasteiger partial charge in [-0.2, -0.15) is 0 Å². The fourth-order valence-corrected chi connectivity index (χ4v) is 3.53. The fraction of sp³-hybridized carbons (Fsp3) is 0.429. The van der Waals surface area contributed by atoms with Crippen LogP contribution in [0.3, 0.4) is 0 Å². The predicted molar refractivity (Wildman–Crippen MR) is 75.4 cm³/mol. The molecule has 1 aromatic carbocycles. The number of halogens is 2. The van der Waals surface area contributed by atoms with E-state index in [2.05, 4.69) is 18.8 Å². The maximum absolute atomic E-state index is 10.4. The molecule has 0 radical (unpaired) electrons. The molecule has 1 heterocycles. The summed E-state index contributed by atoms with van der Waals surface area (Å²) in [5.74, 6) is 0. The molecule has 1 atom stereocenters. The van der Waals surface area contributed by atoms with Gasteiger partial charge in [-0.15, -0.1) is 0 Å². The van der Waals surface area contributed by atoms with Crippen LogP contribution < -0.4 is 0 Å². The Bertz CT molecular complexity index is 630. The van der Waals surface area contributed by atoms with E-state index < -0.39 is 6.10 Å². The van der Waals surface area contributed by atoms with Crippen molar-refractivity contribution in [2.24, 2.45) is 5.41 Å². The maximum Gasteiger partial charge on any atom is 0.0818 e. The molecule has 0 fully saturated rings. The van der Waals surface area contributed by atoms with Crippen LogP contribution in [-0.4, -0.2) is 10.1 Å². The Kier molecular flexibility index (Phi) is 2.67. The van der Waals surface area contributed by atoms with E-state index in [0.29, 0.717) is 10.0 Å². The van der Waals surface area contributed by atoms with E-state index in [9.17, 15) is 5.11 Å². The molecule has 0 saturated heterocycles. The van der Waals surface area contributed by atoms with Gasteiger partial charge in [-0.25, -0.2) is 0 Å². The third kappa shape index (κ3) is 1.83. The molecule has 1 aliphatic rings. The second-order valence-electron chi connectivity index (χ2n) is 5.89. The van der Waals surface area contributed by atoms with Crippen LogP contribution in [-0.2, 0) is 6.42 Å². The summed E-state index contributed by atoms with van der Waals surface area (Å²) in [5.41, 5.74) is 3.03. The van der Waals surface area contributed by atoms with E-state index in [-0.39, 0.29) is 5.41 Å². The van der Waals surface area contributed by atoms with E-state index in [1.165, 1.54) is 0 Å². The van der Waals surface area contributed by atoms with Gasteiger partial charge in [-0.3, -0.25) is 0 Å². The Labute approximate surface area is 116 Å². The van der Waals surface area contributed by atoms with Crippen LogP contribution in [0.25, 0.3) is 10.9 Å². The Morgan fingerprint density at radius 2 is 2.06 bits per heavy atom. The first-order valence-electron chi connectivity index (χ1n) is 6.05. The first-order valence-corrected chi connectivity index (χ1v) is 6.80. The summed E-state index contributed by atoms with van der Waals surface area (Å²) < 4.78 is 0. The smallest absolute Gasteiger partial charge is 0.0818 e. The average Bonchev–Trinajstić information content (AvgIpc) is 2.54. The number of aliphatic hydroxyl groups excluding tert-OH is 1. The van der Waals surface area contributed by atoms with E-state index in [1.807, 2.05) is 6.07 Å². The summed E-state index contributed by atoms with van der Waals surface area (Å²) in [4.78, 5) is 3.35. The summed E-state index contributed by atoms with van der Waals surface area (Å²) in [6.07, 6.45) is 1.23. The fourth-order valence-electron chi connectivity index (χ4n) is 2.99. The zero-order valence-electron chi connectivity index (χ0n) is 10.3. The van der Waals surface area contributed by atoms with Crippen molar-refractivity contribution < 1.29 is 5.11 Å². The monoisotopic (exact) mass is 283 g/mol. The van der Waals surface area contributed by atoms with E-state index in [0.717, 1.165) is 35.0 Å². The van der Waals surface area contributed by atoms with E-state index in [1.54, 1.807) is 6.07 Å². The summed E-state index contributed by atoms with van der Waals surface area (Å²) in [6.45, 7) is 4.33. The first kappa shape index (κ1) is 12.3. The Morgan fingerprint density at radius 1 is 1.33 bits per heavy atom. The molecule has 1 unspecified atom stereocenters. The molecular formula is C14H15Cl2NO. The number of hydrogen-bond acceptors (Lipinski definition) is 1. The molecule has 2 N–H and O–H groups in total. The molecule has 2 aromatic rings. The molecule has 96 valence electrons. The third-order valence-electron chi connectivity index (χ3n) is 3.68. The van der Waals surface area contributed by atoms with Crippen molar-refractivity contribution in [2.45, 2.75) is 32.8 Å². The number of H-pyrrole nitrogens is 1. The van der Waals surface area contributed by atoms with Gasteiger partial charge in [-0.1, -0.05) is 37.0 Å². The molecule has 2 nitrogen and oxygen atoms in total.